The number of rotatable bonds is 4. The van der Waals surface area contributed by atoms with Crippen LogP contribution in [0.3, 0.4) is 0 Å². The molecule has 1 amide bonds. The maximum Gasteiger partial charge on any atom is 0.230 e. The van der Waals surface area contributed by atoms with E-state index in [1.807, 2.05) is 0 Å². The van der Waals surface area contributed by atoms with Crippen molar-refractivity contribution >= 4 is 23.4 Å². The Labute approximate surface area is 110 Å². The molecule has 0 spiro atoms. The van der Waals surface area contributed by atoms with Crippen molar-refractivity contribution in [3.63, 3.8) is 0 Å². The Morgan fingerprint density at radius 3 is 2.83 bits per heavy atom. The first kappa shape index (κ1) is 13.2. The van der Waals surface area contributed by atoms with Crippen molar-refractivity contribution in [1.82, 2.24) is 5.32 Å². The second-order valence-corrected chi connectivity index (χ2v) is 5.57. The van der Waals surface area contributed by atoms with Gasteiger partial charge in [0.15, 0.2) is 0 Å². The number of benzene rings is 1. The second kappa shape index (κ2) is 6.09. The number of nitrogens with two attached hydrogens (primary N) is 1. The van der Waals surface area contributed by atoms with Gasteiger partial charge in [-0.25, -0.2) is 4.39 Å². The zero-order chi connectivity index (χ0) is 13.0. The van der Waals surface area contributed by atoms with Crippen LogP contribution >= 0.6 is 11.8 Å². The highest BCUT2D eigenvalue weighted by molar-refractivity contribution is 8.00. The molecule has 1 aromatic rings. The molecule has 98 valence electrons. The van der Waals surface area contributed by atoms with Crippen LogP contribution in [-0.2, 0) is 4.79 Å². The van der Waals surface area contributed by atoms with Crippen LogP contribution < -0.4 is 11.1 Å². The Kier molecular flexibility index (Phi) is 4.47. The lowest BCUT2D eigenvalue weighted by atomic mass is 10.2. The molecule has 0 atom stereocenters. The largest absolute Gasteiger partial charge is 0.396 e. The van der Waals surface area contributed by atoms with E-state index >= 15 is 0 Å². The second-order valence-electron chi connectivity index (χ2n) is 4.52. The number of hydrogen-bond acceptors (Lipinski definition) is 3. The molecule has 0 aromatic heterocycles. The first-order valence-corrected chi connectivity index (χ1v) is 7.11. The topological polar surface area (TPSA) is 55.1 Å². The quantitative estimate of drug-likeness (QED) is 0.652. The number of nitrogens with one attached hydrogen (secondary N) is 1. The SMILES string of the molecule is Nc1ccc(SCC(=O)NC2CCCC2)cc1F. The van der Waals surface area contributed by atoms with Gasteiger partial charge < -0.3 is 11.1 Å². The van der Waals surface area contributed by atoms with Crippen molar-refractivity contribution in [2.75, 3.05) is 11.5 Å². The van der Waals surface area contributed by atoms with Gasteiger partial charge in [-0.3, -0.25) is 4.79 Å². The van der Waals surface area contributed by atoms with Crippen molar-refractivity contribution < 1.29 is 9.18 Å². The third kappa shape index (κ3) is 3.63. The molecule has 0 unspecified atom stereocenters. The number of hydrogen-bond donors (Lipinski definition) is 2. The van der Waals surface area contributed by atoms with E-state index in [9.17, 15) is 9.18 Å². The fraction of sp³-hybridized carbons (Fsp3) is 0.462. The Balaban J connectivity index is 1.79. The first-order valence-electron chi connectivity index (χ1n) is 6.12. The van der Waals surface area contributed by atoms with Crippen molar-refractivity contribution in [2.24, 2.45) is 0 Å². The van der Waals surface area contributed by atoms with Crippen molar-refractivity contribution in [1.29, 1.82) is 0 Å². The molecule has 0 heterocycles. The summed E-state index contributed by atoms with van der Waals surface area (Å²) in [5.74, 6) is -0.0971. The number of thioether (sulfide) groups is 1. The standard InChI is InChI=1S/C13H17FN2OS/c14-11-7-10(5-6-12(11)15)18-8-13(17)16-9-3-1-2-4-9/h5-7,9H,1-4,8,15H2,(H,16,17). The summed E-state index contributed by atoms with van der Waals surface area (Å²) < 4.78 is 13.2. The summed E-state index contributed by atoms with van der Waals surface area (Å²) in [5, 5.41) is 3.00. The van der Waals surface area contributed by atoms with E-state index in [0.29, 0.717) is 11.8 Å². The van der Waals surface area contributed by atoms with Crippen LogP contribution in [0.1, 0.15) is 25.7 Å². The highest BCUT2D eigenvalue weighted by Crippen LogP contribution is 2.22. The number of anilines is 1. The van der Waals surface area contributed by atoms with Gasteiger partial charge in [-0.2, -0.15) is 0 Å². The van der Waals surface area contributed by atoms with Crippen LogP contribution in [-0.4, -0.2) is 17.7 Å². The van der Waals surface area contributed by atoms with Gasteiger partial charge in [0.25, 0.3) is 0 Å². The molecule has 1 aliphatic carbocycles. The van der Waals surface area contributed by atoms with E-state index in [2.05, 4.69) is 5.32 Å². The summed E-state index contributed by atoms with van der Waals surface area (Å²) in [5.41, 5.74) is 5.52. The van der Waals surface area contributed by atoms with Gasteiger partial charge >= 0.3 is 0 Å². The van der Waals surface area contributed by atoms with E-state index in [-0.39, 0.29) is 11.6 Å². The predicted molar refractivity (Wildman–Crippen MR) is 71.9 cm³/mol. The number of nitrogen functional groups attached to an aromatic ring is 1. The molecule has 1 aliphatic rings. The third-order valence-electron chi connectivity index (χ3n) is 3.06. The van der Waals surface area contributed by atoms with Crippen LogP contribution in [0, 0.1) is 5.82 Å². The predicted octanol–water partition coefficient (Wildman–Crippen LogP) is 2.56. The van der Waals surface area contributed by atoms with Gasteiger partial charge in [-0.05, 0) is 31.0 Å². The van der Waals surface area contributed by atoms with E-state index in [4.69, 9.17) is 5.73 Å². The van der Waals surface area contributed by atoms with Crippen molar-refractivity contribution in [2.45, 2.75) is 36.6 Å². The summed E-state index contributed by atoms with van der Waals surface area (Å²) in [4.78, 5) is 12.4. The smallest absolute Gasteiger partial charge is 0.230 e. The van der Waals surface area contributed by atoms with E-state index < -0.39 is 5.82 Å². The molecule has 5 heteroatoms. The highest BCUT2D eigenvalue weighted by atomic mass is 32.2. The van der Waals surface area contributed by atoms with Crippen LogP contribution in [0.25, 0.3) is 0 Å². The summed E-state index contributed by atoms with van der Waals surface area (Å²) in [6.45, 7) is 0. The number of amides is 1. The third-order valence-corrected chi connectivity index (χ3v) is 4.06. The zero-order valence-electron chi connectivity index (χ0n) is 10.1. The Morgan fingerprint density at radius 1 is 1.44 bits per heavy atom. The molecule has 3 N–H and O–H groups in total. The number of halogens is 1. The number of carbonyl (C=O) groups is 1. The molecule has 1 saturated carbocycles. The van der Waals surface area contributed by atoms with Gasteiger partial charge in [-0.1, -0.05) is 12.8 Å². The average Bonchev–Trinajstić information content (AvgIpc) is 2.83. The number of carbonyl (C=O) groups excluding carboxylic acids is 1. The van der Waals surface area contributed by atoms with E-state index in [1.165, 1.54) is 36.7 Å². The molecular formula is C13H17FN2OS. The Hall–Kier alpha value is -1.23. The lowest BCUT2D eigenvalue weighted by molar-refractivity contribution is -0.119. The minimum atomic E-state index is -0.434. The Morgan fingerprint density at radius 2 is 2.17 bits per heavy atom. The normalized spacial score (nSPS) is 15.8. The molecule has 18 heavy (non-hydrogen) atoms. The fourth-order valence-corrected chi connectivity index (χ4v) is 2.82. The van der Waals surface area contributed by atoms with Crippen LogP contribution in [0.5, 0.6) is 0 Å². The van der Waals surface area contributed by atoms with Crippen LogP contribution in [0.15, 0.2) is 23.1 Å². The fourth-order valence-electron chi connectivity index (χ4n) is 2.09. The van der Waals surface area contributed by atoms with E-state index in [1.54, 1.807) is 6.07 Å². The molecular weight excluding hydrogens is 251 g/mol. The van der Waals surface area contributed by atoms with Gasteiger partial charge in [0.1, 0.15) is 5.82 Å². The summed E-state index contributed by atoms with van der Waals surface area (Å²) in [6.07, 6.45) is 4.54. The summed E-state index contributed by atoms with van der Waals surface area (Å²) >= 11 is 1.33. The highest BCUT2D eigenvalue weighted by Gasteiger charge is 2.16. The minimum Gasteiger partial charge on any atom is -0.396 e. The van der Waals surface area contributed by atoms with Crippen molar-refractivity contribution in [3.8, 4) is 0 Å². The molecule has 3 nitrogen and oxygen atoms in total. The van der Waals surface area contributed by atoms with Gasteiger partial charge in [0, 0.05) is 10.9 Å². The molecule has 1 fully saturated rings. The summed E-state index contributed by atoms with van der Waals surface area (Å²) in [7, 11) is 0. The Bertz CT molecular complexity index is 433. The zero-order valence-corrected chi connectivity index (χ0v) is 10.9. The van der Waals surface area contributed by atoms with E-state index in [0.717, 1.165) is 17.7 Å². The average molecular weight is 268 g/mol. The van der Waals surface area contributed by atoms with Crippen LogP contribution in [0.4, 0.5) is 10.1 Å². The molecule has 2 rings (SSSR count). The minimum absolute atomic E-state index is 0.0177. The molecule has 0 aliphatic heterocycles. The molecule has 0 radical (unpaired) electrons. The van der Waals surface area contributed by atoms with Gasteiger partial charge in [-0.15, -0.1) is 11.8 Å². The lowest BCUT2D eigenvalue weighted by Crippen LogP contribution is -2.33. The molecule has 1 aromatic carbocycles. The monoisotopic (exact) mass is 268 g/mol. The maximum absolute atomic E-state index is 13.2. The van der Waals surface area contributed by atoms with Crippen molar-refractivity contribution in [3.05, 3.63) is 24.0 Å². The van der Waals surface area contributed by atoms with Gasteiger partial charge in [0.2, 0.25) is 5.91 Å². The van der Waals surface area contributed by atoms with Gasteiger partial charge in [0.05, 0.1) is 11.4 Å². The van der Waals surface area contributed by atoms with Crippen LogP contribution in [0.2, 0.25) is 0 Å². The molecule has 0 bridgehead atoms. The summed E-state index contributed by atoms with van der Waals surface area (Å²) in [6, 6.07) is 4.95. The lowest BCUT2D eigenvalue weighted by Gasteiger charge is -2.11. The maximum atomic E-state index is 13.2. The molecule has 0 saturated heterocycles. The first-order chi connectivity index (χ1) is 8.65.